The van der Waals surface area contributed by atoms with Crippen molar-refractivity contribution in [2.45, 2.75) is 6.92 Å². The van der Waals surface area contributed by atoms with Gasteiger partial charge < -0.3 is 10.8 Å². The van der Waals surface area contributed by atoms with E-state index in [1.165, 1.54) is 25.1 Å². The fourth-order valence-corrected chi connectivity index (χ4v) is 2.00. The molecule has 0 aliphatic rings. The van der Waals surface area contributed by atoms with Crippen LogP contribution in [0, 0.1) is 12.7 Å². The van der Waals surface area contributed by atoms with Gasteiger partial charge in [-0.1, -0.05) is 0 Å². The molecule has 19 heavy (non-hydrogen) atoms. The van der Waals surface area contributed by atoms with Crippen molar-refractivity contribution in [1.82, 2.24) is 9.97 Å². The molecule has 0 spiro atoms. The van der Waals surface area contributed by atoms with Crippen LogP contribution in [0.1, 0.15) is 16.1 Å². The Kier molecular flexibility index (Phi) is 3.48. The zero-order valence-corrected chi connectivity index (χ0v) is 11.4. The Morgan fingerprint density at radius 1 is 1.42 bits per heavy atom. The van der Waals surface area contributed by atoms with Crippen molar-refractivity contribution in [1.29, 1.82) is 0 Å². The summed E-state index contributed by atoms with van der Waals surface area (Å²) in [7, 11) is 0. The molecule has 0 amide bonds. The quantitative estimate of drug-likeness (QED) is 0.885. The molecule has 0 aliphatic carbocycles. The minimum atomic E-state index is -1.18. The molecule has 2 aromatic rings. The van der Waals surface area contributed by atoms with Gasteiger partial charge in [-0.3, -0.25) is 0 Å². The van der Waals surface area contributed by atoms with E-state index in [-0.39, 0.29) is 27.4 Å². The molecule has 3 N–H and O–H groups in total. The number of rotatable bonds is 2. The number of hydrogen-bond acceptors (Lipinski definition) is 4. The largest absolute Gasteiger partial charge is 0.477 e. The fourth-order valence-electron chi connectivity index (χ4n) is 1.62. The second-order valence-corrected chi connectivity index (χ2v) is 4.68. The van der Waals surface area contributed by atoms with Crippen LogP contribution in [-0.4, -0.2) is 21.0 Å². The smallest absolute Gasteiger partial charge is 0.341 e. The summed E-state index contributed by atoms with van der Waals surface area (Å²) in [6.07, 6.45) is 0. The molecule has 0 atom stereocenters. The number of nitrogen functional groups attached to an aromatic ring is 1. The number of hydrogen-bond donors (Lipinski definition) is 2. The fraction of sp³-hybridized carbons (Fsp3) is 0.0833. The molecule has 0 saturated heterocycles. The number of aromatic carboxylic acids is 1. The van der Waals surface area contributed by atoms with E-state index in [9.17, 15) is 9.18 Å². The average molecular weight is 326 g/mol. The van der Waals surface area contributed by atoms with Crippen LogP contribution >= 0.6 is 15.9 Å². The van der Waals surface area contributed by atoms with Crippen LogP contribution in [0.2, 0.25) is 0 Å². The molecule has 7 heteroatoms. The number of anilines is 1. The van der Waals surface area contributed by atoms with E-state index in [2.05, 4.69) is 25.9 Å². The second kappa shape index (κ2) is 4.93. The third-order valence-electron chi connectivity index (χ3n) is 2.51. The Balaban J connectivity index is 2.58. The molecule has 1 heterocycles. The van der Waals surface area contributed by atoms with E-state index >= 15 is 0 Å². The lowest BCUT2D eigenvalue weighted by Gasteiger charge is -2.07. The Morgan fingerprint density at radius 2 is 2.11 bits per heavy atom. The van der Waals surface area contributed by atoms with Gasteiger partial charge in [-0.25, -0.2) is 19.2 Å². The van der Waals surface area contributed by atoms with Gasteiger partial charge in [0.1, 0.15) is 17.2 Å². The minimum Gasteiger partial charge on any atom is -0.477 e. The van der Waals surface area contributed by atoms with Crippen molar-refractivity contribution in [3.8, 4) is 11.4 Å². The lowest BCUT2D eigenvalue weighted by Crippen LogP contribution is -2.10. The molecule has 0 fully saturated rings. The number of aromatic nitrogens is 2. The van der Waals surface area contributed by atoms with Crippen LogP contribution in [0.25, 0.3) is 11.4 Å². The van der Waals surface area contributed by atoms with Crippen LogP contribution < -0.4 is 5.73 Å². The third kappa shape index (κ3) is 2.55. The van der Waals surface area contributed by atoms with Crippen molar-refractivity contribution in [3.05, 3.63) is 39.7 Å². The van der Waals surface area contributed by atoms with E-state index in [1.54, 1.807) is 0 Å². The number of halogens is 2. The van der Waals surface area contributed by atoms with Crippen molar-refractivity contribution in [3.63, 3.8) is 0 Å². The van der Waals surface area contributed by atoms with E-state index < -0.39 is 11.8 Å². The van der Waals surface area contributed by atoms with Crippen molar-refractivity contribution in [2.75, 3.05) is 5.73 Å². The molecule has 0 bridgehead atoms. The highest BCUT2D eigenvalue weighted by molar-refractivity contribution is 9.10. The van der Waals surface area contributed by atoms with Gasteiger partial charge >= 0.3 is 5.97 Å². The van der Waals surface area contributed by atoms with Crippen molar-refractivity contribution in [2.24, 2.45) is 0 Å². The van der Waals surface area contributed by atoms with E-state index in [0.29, 0.717) is 5.56 Å². The van der Waals surface area contributed by atoms with E-state index in [4.69, 9.17) is 10.8 Å². The number of aryl methyl sites for hydroxylation is 1. The summed E-state index contributed by atoms with van der Waals surface area (Å²) >= 11 is 3.06. The Labute approximate surface area is 116 Å². The molecule has 1 aromatic carbocycles. The molecule has 2 rings (SSSR count). The van der Waals surface area contributed by atoms with Gasteiger partial charge in [0.2, 0.25) is 0 Å². The van der Waals surface area contributed by atoms with Gasteiger partial charge in [0, 0.05) is 5.56 Å². The highest BCUT2D eigenvalue weighted by Gasteiger charge is 2.16. The van der Waals surface area contributed by atoms with Crippen LogP contribution in [0.4, 0.5) is 10.2 Å². The number of nitrogens with two attached hydrogens (primary N) is 1. The Hall–Kier alpha value is -2.02. The molecule has 98 valence electrons. The molecule has 0 saturated carbocycles. The predicted molar refractivity (Wildman–Crippen MR) is 71.2 cm³/mol. The van der Waals surface area contributed by atoms with Gasteiger partial charge in [0.05, 0.1) is 10.2 Å². The zero-order chi connectivity index (χ0) is 14.2. The van der Waals surface area contributed by atoms with Crippen LogP contribution in [0.3, 0.4) is 0 Å². The standard InChI is InChI=1S/C12H9BrFN3O2/c1-5-9(12(18)19)10(15)17-11(16-5)6-2-3-8(14)7(13)4-6/h2-4H,1H3,(H,18,19)(H2,15,16,17). The SMILES string of the molecule is Cc1nc(-c2ccc(F)c(Br)c2)nc(N)c1C(=O)O. The maximum Gasteiger partial charge on any atom is 0.341 e. The first-order chi connectivity index (χ1) is 8.90. The van der Waals surface area contributed by atoms with Gasteiger partial charge in [0.25, 0.3) is 0 Å². The average Bonchev–Trinajstić information content (AvgIpc) is 2.31. The Morgan fingerprint density at radius 3 is 2.63 bits per heavy atom. The summed E-state index contributed by atoms with van der Waals surface area (Å²) in [5.41, 5.74) is 6.29. The predicted octanol–water partition coefficient (Wildman–Crippen LogP) is 2.63. The summed E-state index contributed by atoms with van der Waals surface area (Å²) in [4.78, 5) is 19.0. The monoisotopic (exact) mass is 325 g/mol. The van der Waals surface area contributed by atoms with E-state index in [0.717, 1.165) is 0 Å². The molecular weight excluding hydrogens is 317 g/mol. The van der Waals surface area contributed by atoms with Crippen LogP contribution in [-0.2, 0) is 0 Å². The number of nitrogens with zero attached hydrogens (tertiary/aromatic N) is 2. The van der Waals surface area contributed by atoms with Crippen molar-refractivity contribution >= 4 is 27.7 Å². The lowest BCUT2D eigenvalue weighted by atomic mass is 10.1. The van der Waals surface area contributed by atoms with Crippen LogP contribution in [0.5, 0.6) is 0 Å². The maximum absolute atomic E-state index is 13.2. The zero-order valence-electron chi connectivity index (χ0n) is 9.82. The molecular formula is C12H9BrFN3O2. The number of benzene rings is 1. The summed E-state index contributed by atoms with van der Waals surface area (Å²) in [5.74, 6) is -1.45. The topological polar surface area (TPSA) is 89.1 Å². The normalized spacial score (nSPS) is 10.5. The number of carboxylic acids is 1. The lowest BCUT2D eigenvalue weighted by molar-refractivity contribution is 0.0696. The molecule has 0 radical (unpaired) electrons. The summed E-state index contributed by atoms with van der Waals surface area (Å²) in [5, 5.41) is 8.97. The van der Waals surface area contributed by atoms with Gasteiger partial charge in [0.15, 0.2) is 5.82 Å². The van der Waals surface area contributed by atoms with Gasteiger partial charge in [-0.05, 0) is 41.1 Å². The minimum absolute atomic E-state index is 0.115. The number of carboxylic acid groups (broad SMARTS) is 1. The third-order valence-corrected chi connectivity index (χ3v) is 3.12. The van der Waals surface area contributed by atoms with Crippen molar-refractivity contribution < 1.29 is 14.3 Å². The van der Waals surface area contributed by atoms with Gasteiger partial charge in [-0.15, -0.1) is 0 Å². The highest BCUT2D eigenvalue weighted by atomic mass is 79.9. The highest BCUT2D eigenvalue weighted by Crippen LogP contribution is 2.25. The first-order valence-electron chi connectivity index (χ1n) is 5.23. The summed E-state index contributed by atoms with van der Waals surface area (Å²) in [6, 6.07) is 4.26. The summed E-state index contributed by atoms with van der Waals surface area (Å²) in [6.45, 7) is 1.53. The second-order valence-electron chi connectivity index (χ2n) is 3.83. The maximum atomic E-state index is 13.2. The van der Waals surface area contributed by atoms with Crippen LogP contribution in [0.15, 0.2) is 22.7 Å². The molecule has 1 aromatic heterocycles. The Bertz CT molecular complexity index is 653. The molecule has 0 aliphatic heterocycles. The molecule has 0 unspecified atom stereocenters. The first kappa shape index (κ1) is 13.4. The number of carbonyl (C=O) groups is 1. The molecule has 5 nitrogen and oxygen atoms in total. The van der Waals surface area contributed by atoms with E-state index in [1.807, 2.05) is 0 Å². The van der Waals surface area contributed by atoms with Gasteiger partial charge in [-0.2, -0.15) is 0 Å². The summed E-state index contributed by atoms with van der Waals surface area (Å²) < 4.78 is 13.4. The first-order valence-corrected chi connectivity index (χ1v) is 6.02.